The van der Waals surface area contributed by atoms with Crippen molar-refractivity contribution in [2.75, 3.05) is 11.9 Å². The monoisotopic (exact) mass is 262 g/mol. The number of benzene rings is 1. The third-order valence-corrected chi connectivity index (χ3v) is 3.73. The summed E-state index contributed by atoms with van der Waals surface area (Å²) in [7, 11) is 0. The highest BCUT2D eigenvalue weighted by Gasteiger charge is 2.46. The van der Waals surface area contributed by atoms with E-state index in [-0.39, 0.29) is 6.03 Å². The molecule has 1 aromatic rings. The summed E-state index contributed by atoms with van der Waals surface area (Å²) in [6, 6.07) is 7.08. The number of rotatable bonds is 2. The molecule has 19 heavy (non-hydrogen) atoms. The maximum Gasteiger partial charge on any atom is 0.329 e. The Morgan fingerprint density at radius 2 is 2.05 bits per heavy atom. The first-order chi connectivity index (χ1) is 8.95. The molecular weight excluding hydrogens is 244 g/mol. The number of anilines is 1. The van der Waals surface area contributed by atoms with E-state index in [1.165, 1.54) is 4.90 Å². The summed E-state index contributed by atoms with van der Waals surface area (Å²) in [6.07, 6.45) is 1.20. The fourth-order valence-corrected chi connectivity index (χ4v) is 2.41. The van der Waals surface area contributed by atoms with Crippen LogP contribution in [0.5, 0.6) is 0 Å². The van der Waals surface area contributed by atoms with Gasteiger partial charge in [0.1, 0.15) is 5.54 Å². The van der Waals surface area contributed by atoms with Crippen molar-refractivity contribution in [2.24, 2.45) is 0 Å². The minimum atomic E-state index is -1.10. The smallest absolute Gasteiger partial charge is 0.329 e. The van der Waals surface area contributed by atoms with Gasteiger partial charge in [0.25, 0.3) is 0 Å². The van der Waals surface area contributed by atoms with Gasteiger partial charge in [-0.15, -0.1) is 0 Å². The van der Waals surface area contributed by atoms with Gasteiger partial charge in [-0.25, -0.2) is 9.59 Å². The van der Waals surface area contributed by atoms with E-state index in [2.05, 4.69) is 5.32 Å². The highest BCUT2D eigenvalue weighted by molar-refractivity contribution is 5.94. The van der Waals surface area contributed by atoms with Gasteiger partial charge in [0.05, 0.1) is 0 Å². The first kappa shape index (κ1) is 13.4. The maximum atomic E-state index is 12.2. The zero-order valence-electron chi connectivity index (χ0n) is 11.1. The predicted molar refractivity (Wildman–Crippen MR) is 72.2 cm³/mol. The van der Waals surface area contributed by atoms with Crippen LogP contribution >= 0.6 is 0 Å². The van der Waals surface area contributed by atoms with Gasteiger partial charge in [0.2, 0.25) is 0 Å². The SMILES string of the molecule is Cc1ccccc1NC(=O)N1CCCC1(C)C(=O)O. The number of amides is 2. The Labute approximate surface area is 112 Å². The van der Waals surface area contributed by atoms with Crippen LogP contribution in [0.4, 0.5) is 10.5 Å². The van der Waals surface area contributed by atoms with Gasteiger partial charge in [-0.1, -0.05) is 18.2 Å². The van der Waals surface area contributed by atoms with Gasteiger partial charge in [0, 0.05) is 12.2 Å². The van der Waals surface area contributed by atoms with E-state index in [1.807, 2.05) is 25.1 Å². The van der Waals surface area contributed by atoms with Crippen LogP contribution in [0.3, 0.4) is 0 Å². The Balaban J connectivity index is 2.17. The van der Waals surface area contributed by atoms with E-state index in [9.17, 15) is 14.7 Å². The molecule has 0 radical (unpaired) electrons. The van der Waals surface area contributed by atoms with Gasteiger partial charge in [-0.3, -0.25) is 0 Å². The number of hydrogen-bond donors (Lipinski definition) is 2. The van der Waals surface area contributed by atoms with E-state index in [1.54, 1.807) is 13.0 Å². The zero-order chi connectivity index (χ0) is 14.0. The third kappa shape index (κ3) is 2.41. The molecule has 0 bridgehead atoms. The van der Waals surface area contributed by atoms with Crippen molar-refractivity contribution in [2.45, 2.75) is 32.2 Å². The standard InChI is InChI=1S/C14H18N2O3/c1-10-6-3-4-7-11(10)15-13(19)16-9-5-8-14(16,2)12(17)18/h3-4,6-7H,5,8-9H2,1-2H3,(H,15,19)(H,17,18). The molecule has 1 fully saturated rings. The molecule has 1 atom stereocenters. The fraction of sp³-hybridized carbons (Fsp3) is 0.429. The molecule has 1 saturated heterocycles. The van der Waals surface area contributed by atoms with Gasteiger partial charge < -0.3 is 15.3 Å². The Morgan fingerprint density at radius 3 is 2.68 bits per heavy atom. The highest BCUT2D eigenvalue weighted by atomic mass is 16.4. The molecule has 102 valence electrons. The molecule has 0 aromatic heterocycles. The number of urea groups is 1. The molecule has 2 amide bonds. The number of aliphatic carboxylic acids is 1. The molecule has 2 N–H and O–H groups in total. The second-order valence-electron chi connectivity index (χ2n) is 5.08. The Morgan fingerprint density at radius 1 is 1.37 bits per heavy atom. The minimum absolute atomic E-state index is 0.350. The number of nitrogens with zero attached hydrogens (tertiary/aromatic N) is 1. The molecule has 1 aliphatic heterocycles. The van der Waals surface area contributed by atoms with Gasteiger partial charge in [-0.05, 0) is 38.3 Å². The number of carbonyl (C=O) groups excluding carboxylic acids is 1. The van der Waals surface area contributed by atoms with Crippen LogP contribution in [0.2, 0.25) is 0 Å². The number of nitrogens with one attached hydrogen (secondary N) is 1. The number of carboxylic acid groups (broad SMARTS) is 1. The Bertz CT molecular complexity index is 515. The van der Waals surface area contributed by atoms with Crippen molar-refractivity contribution in [3.8, 4) is 0 Å². The highest BCUT2D eigenvalue weighted by Crippen LogP contribution is 2.30. The molecule has 1 unspecified atom stereocenters. The summed E-state index contributed by atoms with van der Waals surface area (Å²) in [5.41, 5.74) is 0.562. The fourth-order valence-electron chi connectivity index (χ4n) is 2.41. The third-order valence-electron chi connectivity index (χ3n) is 3.73. The summed E-state index contributed by atoms with van der Waals surface area (Å²) in [4.78, 5) is 25.0. The lowest BCUT2D eigenvalue weighted by molar-refractivity contribution is -0.146. The summed E-state index contributed by atoms with van der Waals surface area (Å²) < 4.78 is 0. The molecule has 2 rings (SSSR count). The van der Waals surface area contributed by atoms with Crippen molar-refractivity contribution >= 4 is 17.7 Å². The molecule has 1 aromatic carbocycles. The van der Waals surface area contributed by atoms with E-state index < -0.39 is 11.5 Å². The zero-order valence-corrected chi connectivity index (χ0v) is 11.1. The number of aryl methyl sites for hydroxylation is 1. The lowest BCUT2D eigenvalue weighted by atomic mass is 10.00. The van der Waals surface area contributed by atoms with E-state index in [4.69, 9.17) is 0 Å². The topological polar surface area (TPSA) is 69.6 Å². The Hall–Kier alpha value is -2.04. The summed E-state index contributed by atoms with van der Waals surface area (Å²) >= 11 is 0. The molecule has 0 aliphatic carbocycles. The second-order valence-corrected chi connectivity index (χ2v) is 5.08. The average Bonchev–Trinajstić information content (AvgIpc) is 2.76. The lowest BCUT2D eigenvalue weighted by Crippen LogP contribution is -2.52. The molecule has 0 spiro atoms. The normalized spacial score (nSPS) is 22.3. The van der Waals surface area contributed by atoms with E-state index in [0.29, 0.717) is 25.1 Å². The van der Waals surface area contributed by atoms with Crippen molar-refractivity contribution in [1.82, 2.24) is 4.90 Å². The summed E-state index contributed by atoms with van der Waals surface area (Å²) in [6.45, 7) is 3.97. The predicted octanol–water partition coefficient (Wildman–Crippen LogP) is 2.47. The van der Waals surface area contributed by atoms with Crippen LogP contribution in [0, 0.1) is 6.92 Å². The summed E-state index contributed by atoms with van der Waals surface area (Å²) in [5.74, 6) is -0.954. The van der Waals surface area contributed by atoms with Crippen LogP contribution in [0.15, 0.2) is 24.3 Å². The molecule has 1 aliphatic rings. The lowest BCUT2D eigenvalue weighted by Gasteiger charge is -2.31. The van der Waals surface area contributed by atoms with Crippen LogP contribution < -0.4 is 5.32 Å². The van der Waals surface area contributed by atoms with Crippen molar-refractivity contribution in [3.63, 3.8) is 0 Å². The number of carbonyl (C=O) groups is 2. The first-order valence-corrected chi connectivity index (χ1v) is 6.33. The van der Waals surface area contributed by atoms with E-state index >= 15 is 0 Å². The molecule has 5 nitrogen and oxygen atoms in total. The molecule has 5 heteroatoms. The molecule has 1 heterocycles. The van der Waals surface area contributed by atoms with Crippen molar-refractivity contribution < 1.29 is 14.7 Å². The van der Waals surface area contributed by atoms with Crippen LogP contribution in [-0.2, 0) is 4.79 Å². The Kier molecular flexibility index (Phi) is 3.46. The van der Waals surface area contributed by atoms with Crippen LogP contribution in [0.25, 0.3) is 0 Å². The number of hydrogen-bond acceptors (Lipinski definition) is 2. The number of para-hydroxylation sites is 1. The van der Waals surface area contributed by atoms with Crippen molar-refractivity contribution in [1.29, 1.82) is 0 Å². The quantitative estimate of drug-likeness (QED) is 0.860. The molecule has 0 saturated carbocycles. The number of likely N-dealkylation sites (tertiary alicyclic amines) is 1. The van der Waals surface area contributed by atoms with E-state index in [0.717, 1.165) is 5.56 Å². The van der Waals surface area contributed by atoms with Gasteiger partial charge >= 0.3 is 12.0 Å². The van der Waals surface area contributed by atoms with Gasteiger partial charge in [0.15, 0.2) is 0 Å². The van der Waals surface area contributed by atoms with Crippen molar-refractivity contribution in [3.05, 3.63) is 29.8 Å². The largest absolute Gasteiger partial charge is 0.480 e. The van der Waals surface area contributed by atoms with Crippen LogP contribution in [-0.4, -0.2) is 34.1 Å². The summed E-state index contributed by atoms with van der Waals surface area (Å²) in [5, 5.41) is 12.1. The van der Waals surface area contributed by atoms with Crippen LogP contribution in [0.1, 0.15) is 25.3 Å². The first-order valence-electron chi connectivity index (χ1n) is 6.33. The molecular formula is C14H18N2O3. The second kappa shape index (κ2) is 4.91. The number of carboxylic acids is 1. The maximum absolute atomic E-state index is 12.2. The van der Waals surface area contributed by atoms with Gasteiger partial charge in [-0.2, -0.15) is 0 Å². The minimum Gasteiger partial charge on any atom is -0.480 e. The average molecular weight is 262 g/mol.